The van der Waals surface area contributed by atoms with Gasteiger partial charge in [0.05, 0.1) is 0 Å². The van der Waals surface area contributed by atoms with E-state index in [1.54, 1.807) is 0 Å². The second-order valence-electron chi connectivity index (χ2n) is 0.408. The first-order valence-electron chi connectivity index (χ1n) is 1.12. The molecule has 0 aliphatic rings. The summed E-state index contributed by atoms with van der Waals surface area (Å²) in [7, 11) is 4.25. The van der Waals surface area contributed by atoms with Crippen LogP contribution in [0.1, 0.15) is 0 Å². The molecule has 6 heavy (non-hydrogen) atoms. The van der Waals surface area contributed by atoms with E-state index < -0.39 is 0 Å². The number of hydrogen-bond acceptors (Lipinski definition) is 0. The second-order valence-corrected chi connectivity index (χ2v) is 11.0. The topological polar surface area (TPSA) is 31.5 Å². The average molecular weight is 191 g/mol. The van der Waals surface area contributed by atoms with Crippen molar-refractivity contribution in [2.45, 2.75) is 0 Å². The molecule has 2 N–H and O–H groups in total. The van der Waals surface area contributed by atoms with Crippen molar-refractivity contribution in [3.63, 3.8) is 0 Å². The zero-order chi connectivity index (χ0) is 2.71. The first kappa shape index (κ1) is 22.5. The third kappa shape index (κ3) is 24.7. The Morgan fingerprint density at radius 1 is 1.33 bits per heavy atom. The predicted octanol–water partition coefficient (Wildman–Crippen LogP) is -3.90. The monoisotopic (exact) mass is 190 g/mol. The molecular formula is H11Ca2MgOPSi. The molecule has 1 nitrogen and oxygen atoms in total. The Hall–Kier alpha value is 3.89. The molecule has 0 aliphatic heterocycles. The molecule has 1 unspecified atom stereocenters. The van der Waals surface area contributed by atoms with Gasteiger partial charge in [0, 0.05) is 0 Å². The summed E-state index contributed by atoms with van der Waals surface area (Å²) in [5.41, 5.74) is 0. The smallest absolute Gasteiger partial charge is 0.271 e. The van der Waals surface area contributed by atoms with Crippen molar-refractivity contribution in [1.29, 1.82) is 0 Å². The van der Waals surface area contributed by atoms with Gasteiger partial charge in [-0.05, 0) is 0 Å². The average Bonchev–Trinajstić information content (AvgIpc) is 0.918. The zero-order valence-corrected chi connectivity index (χ0v) is 7.35. The maximum Gasteiger partial charge on any atom is 0.381 e. The van der Waals surface area contributed by atoms with Crippen molar-refractivity contribution in [1.82, 2.24) is 0 Å². The molecule has 0 rings (SSSR count). The van der Waals surface area contributed by atoms with Crippen LogP contribution >= 0.6 is 7.03 Å². The van der Waals surface area contributed by atoms with E-state index in [0.29, 0.717) is 19.1 Å². The normalized spacial score (nSPS) is 2.17. The maximum atomic E-state index is 2.78. The fourth-order valence-electron chi connectivity index (χ4n) is 0. The maximum absolute atomic E-state index is 2.78. The Balaban J connectivity index is -0.00000000667. The zero-order valence-electron chi connectivity index (χ0n) is 2.78. The minimum atomic E-state index is 0. The van der Waals surface area contributed by atoms with Gasteiger partial charge in [-0.2, -0.15) is 0 Å². The summed E-state index contributed by atoms with van der Waals surface area (Å²) in [6, 6.07) is 0. The van der Waals surface area contributed by atoms with Crippen LogP contribution < -0.4 is 0 Å². The molecular weight excluding hydrogens is 180 g/mol. The Morgan fingerprint density at radius 2 is 1.33 bits per heavy atom. The van der Waals surface area contributed by atoms with E-state index >= 15 is 0 Å². The van der Waals surface area contributed by atoms with E-state index in [1.165, 1.54) is 7.89 Å². The third-order valence-corrected chi connectivity index (χ3v) is 0. The van der Waals surface area contributed by atoms with E-state index in [9.17, 15) is 0 Å². The first-order valence-corrected chi connectivity index (χ1v) is 10.0. The molecule has 0 saturated carbocycles. The number of hydrogen-bond donors (Lipinski definition) is 0. The van der Waals surface area contributed by atoms with E-state index in [0.717, 1.165) is 0 Å². The van der Waals surface area contributed by atoms with Crippen molar-refractivity contribution < 1.29 is 5.48 Å². The molecule has 1 atom stereocenters. The molecule has 0 aromatic carbocycles. The molecule has 0 saturated heterocycles. The summed E-state index contributed by atoms with van der Waals surface area (Å²) in [6.07, 6.45) is 0. The van der Waals surface area contributed by atoms with E-state index in [1.807, 2.05) is 0 Å². The minimum Gasteiger partial charge on any atom is -0.271 e. The molecule has 0 radical (unpaired) electrons. The molecule has 0 amide bonds. The van der Waals surface area contributed by atoms with Crippen molar-refractivity contribution in [3.8, 4) is 0 Å². The van der Waals surface area contributed by atoms with Crippen LogP contribution in [0, 0.1) is 0 Å². The molecule has 0 bridgehead atoms. The summed E-state index contributed by atoms with van der Waals surface area (Å²) >= 11 is 0.472. The largest absolute Gasteiger partial charge is 0.381 e. The van der Waals surface area contributed by atoms with Gasteiger partial charge < -0.3 is 5.48 Å². The van der Waals surface area contributed by atoms with Crippen molar-refractivity contribution in [3.05, 3.63) is 0 Å². The Bertz CT molecular complexity index is 13.5. The van der Waals surface area contributed by atoms with Gasteiger partial charge in [-0.3, -0.25) is 7.03 Å². The van der Waals surface area contributed by atoms with Gasteiger partial charge in [0.15, 0.2) is 0 Å². The van der Waals surface area contributed by atoms with E-state index in [4.69, 9.17) is 0 Å². The third-order valence-electron chi connectivity index (χ3n) is 0. The van der Waals surface area contributed by atoms with Gasteiger partial charge in [0.25, 0.3) is 0 Å². The van der Waals surface area contributed by atoms with Gasteiger partial charge in [-0.25, -0.2) is 0 Å². The SMILES string of the molecule is O.[CaH2].[CaH2].[SiH3][Mg][PH2]. The van der Waals surface area contributed by atoms with Crippen LogP contribution in [-0.2, 0) is 0 Å². The van der Waals surface area contributed by atoms with Crippen LogP contribution in [0.5, 0.6) is 0 Å². The molecule has 0 spiro atoms. The summed E-state index contributed by atoms with van der Waals surface area (Å²) in [6.45, 7) is 0. The fourth-order valence-corrected chi connectivity index (χ4v) is 0. The van der Waals surface area contributed by atoms with Crippen LogP contribution in [0.2, 0.25) is 0 Å². The second kappa shape index (κ2) is 23.1. The standard InChI is InChI=1S/2Ca.Mg.H2O.H2P.H3Si.4H/h;;;2*1H2;1H3;;;;/q;;+1;;-1;;;;;. The van der Waals surface area contributed by atoms with Crippen molar-refractivity contribution in [2.75, 3.05) is 0 Å². The Morgan fingerprint density at radius 3 is 1.33 bits per heavy atom. The summed E-state index contributed by atoms with van der Waals surface area (Å²) in [4.78, 5) is 0. The van der Waals surface area contributed by atoms with Crippen molar-refractivity contribution in [2.24, 2.45) is 0 Å². The van der Waals surface area contributed by atoms with Crippen LogP contribution in [-0.4, -0.2) is 108 Å². The summed E-state index contributed by atoms with van der Waals surface area (Å²) in [5, 5.41) is 0. The first-order chi connectivity index (χ1) is 1.41. The molecule has 0 aliphatic carbocycles. The summed E-state index contributed by atoms with van der Waals surface area (Å²) < 4.78 is 0. The van der Waals surface area contributed by atoms with Gasteiger partial charge in [0.1, 0.15) is 0 Å². The quantitative estimate of drug-likeness (QED) is 0.276. The van der Waals surface area contributed by atoms with Crippen LogP contribution in [0.25, 0.3) is 0 Å². The molecule has 0 aromatic rings. The molecule has 0 fully saturated rings. The van der Waals surface area contributed by atoms with Gasteiger partial charge in [-0.15, -0.1) is 0 Å². The fraction of sp³-hybridized carbons (Fsp3) is 0. The van der Waals surface area contributed by atoms with Crippen LogP contribution in [0.4, 0.5) is 0 Å². The van der Waals surface area contributed by atoms with Crippen LogP contribution in [0.15, 0.2) is 0 Å². The molecule has 0 aromatic heterocycles. The Labute approximate surface area is 112 Å². The molecule has 6 heteroatoms. The van der Waals surface area contributed by atoms with Gasteiger partial charge >= 0.3 is 94.5 Å². The van der Waals surface area contributed by atoms with Gasteiger partial charge in [0.2, 0.25) is 0 Å². The Kier molecular flexibility index (Phi) is 86.9. The predicted molar refractivity (Wildman–Crippen MR) is 46.1 cm³/mol. The minimum absolute atomic E-state index is 0. The number of rotatable bonds is 0. The van der Waals surface area contributed by atoms with E-state index in [2.05, 4.69) is 7.03 Å². The van der Waals surface area contributed by atoms with Crippen molar-refractivity contribution >= 4 is 109 Å². The van der Waals surface area contributed by atoms with Gasteiger partial charge in [-0.1, -0.05) is 7.89 Å². The van der Waals surface area contributed by atoms with Crippen LogP contribution in [0.3, 0.4) is 0 Å². The summed E-state index contributed by atoms with van der Waals surface area (Å²) in [5.74, 6) is 0. The molecule has 32 valence electrons. The van der Waals surface area contributed by atoms with E-state index in [-0.39, 0.29) is 81.0 Å². The molecule has 0 heterocycles.